The highest BCUT2D eigenvalue weighted by molar-refractivity contribution is 5.84. The SMILES string of the molecule is COC(C)(C)C(=O)N1CCCC(C(C)CC(=O)O)C1. The lowest BCUT2D eigenvalue weighted by molar-refractivity contribution is -0.153. The van der Waals surface area contributed by atoms with E-state index in [1.54, 1.807) is 13.8 Å². The molecule has 1 rings (SSSR count). The highest BCUT2D eigenvalue weighted by Gasteiger charge is 2.35. The maximum absolute atomic E-state index is 12.3. The fraction of sp³-hybridized carbons (Fsp3) is 0.857. The third-order valence-electron chi connectivity index (χ3n) is 4.07. The summed E-state index contributed by atoms with van der Waals surface area (Å²) in [7, 11) is 1.53. The van der Waals surface area contributed by atoms with E-state index in [-0.39, 0.29) is 24.2 Å². The van der Waals surface area contributed by atoms with Gasteiger partial charge in [0.2, 0.25) is 0 Å². The van der Waals surface area contributed by atoms with Crippen molar-refractivity contribution >= 4 is 11.9 Å². The van der Waals surface area contributed by atoms with Crippen molar-refractivity contribution < 1.29 is 19.4 Å². The van der Waals surface area contributed by atoms with E-state index in [0.29, 0.717) is 6.54 Å². The van der Waals surface area contributed by atoms with E-state index in [0.717, 1.165) is 19.4 Å². The van der Waals surface area contributed by atoms with Crippen molar-refractivity contribution in [1.29, 1.82) is 0 Å². The van der Waals surface area contributed by atoms with Crippen molar-refractivity contribution in [2.24, 2.45) is 11.8 Å². The number of aliphatic carboxylic acids is 1. The molecule has 1 amide bonds. The molecule has 5 heteroatoms. The summed E-state index contributed by atoms with van der Waals surface area (Å²) in [4.78, 5) is 24.9. The van der Waals surface area contributed by atoms with Crippen LogP contribution < -0.4 is 0 Å². The fourth-order valence-electron chi connectivity index (χ4n) is 2.57. The standard InChI is InChI=1S/C14H25NO4/c1-10(8-12(16)17)11-6-5-7-15(9-11)13(18)14(2,3)19-4/h10-11H,5-9H2,1-4H3,(H,16,17). The van der Waals surface area contributed by atoms with Crippen molar-refractivity contribution in [2.75, 3.05) is 20.2 Å². The van der Waals surface area contributed by atoms with Crippen LogP contribution in [0.3, 0.4) is 0 Å². The first kappa shape index (κ1) is 16.0. The van der Waals surface area contributed by atoms with Gasteiger partial charge in [0.15, 0.2) is 0 Å². The van der Waals surface area contributed by atoms with E-state index in [1.807, 2.05) is 11.8 Å². The van der Waals surface area contributed by atoms with Crippen molar-refractivity contribution in [2.45, 2.75) is 45.6 Å². The first-order valence-electron chi connectivity index (χ1n) is 6.84. The number of hydrogen-bond donors (Lipinski definition) is 1. The predicted molar refractivity (Wildman–Crippen MR) is 71.8 cm³/mol. The van der Waals surface area contributed by atoms with Gasteiger partial charge in [-0.05, 0) is 38.5 Å². The van der Waals surface area contributed by atoms with Gasteiger partial charge in [-0.15, -0.1) is 0 Å². The Labute approximate surface area is 114 Å². The molecule has 0 aromatic carbocycles. The Balaban J connectivity index is 2.64. The van der Waals surface area contributed by atoms with Crippen molar-refractivity contribution in [3.05, 3.63) is 0 Å². The third kappa shape index (κ3) is 4.20. The normalized spacial score (nSPS) is 22.1. The molecule has 1 N–H and O–H groups in total. The Hall–Kier alpha value is -1.10. The van der Waals surface area contributed by atoms with Gasteiger partial charge in [0.25, 0.3) is 5.91 Å². The average Bonchev–Trinajstić information content (AvgIpc) is 2.37. The zero-order valence-electron chi connectivity index (χ0n) is 12.3. The largest absolute Gasteiger partial charge is 0.481 e. The molecule has 5 nitrogen and oxygen atoms in total. The number of rotatable bonds is 5. The number of piperidine rings is 1. The molecule has 0 aromatic rings. The summed E-state index contributed by atoms with van der Waals surface area (Å²) in [5.41, 5.74) is -0.808. The summed E-state index contributed by atoms with van der Waals surface area (Å²) < 4.78 is 5.23. The molecular weight excluding hydrogens is 246 g/mol. The van der Waals surface area contributed by atoms with E-state index in [1.165, 1.54) is 7.11 Å². The molecule has 2 unspecified atom stereocenters. The van der Waals surface area contributed by atoms with Gasteiger partial charge < -0.3 is 14.7 Å². The lowest BCUT2D eigenvalue weighted by Gasteiger charge is -2.38. The zero-order valence-corrected chi connectivity index (χ0v) is 12.3. The minimum Gasteiger partial charge on any atom is -0.481 e. The number of carbonyl (C=O) groups is 2. The molecule has 1 heterocycles. The summed E-state index contributed by atoms with van der Waals surface area (Å²) in [5.74, 6) is -0.421. The first-order chi connectivity index (χ1) is 8.77. The lowest BCUT2D eigenvalue weighted by atomic mass is 9.84. The number of likely N-dealkylation sites (tertiary alicyclic amines) is 1. The third-order valence-corrected chi connectivity index (χ3v) is 4.07. The van der Waals surface area contributed by atoms with Crippen LogP contribution in [0.25, 0.3) is 0 Å². The fourth-order valence-corrected chi connectivity index (χ4v) is 2.57. The maximum atomic E-state index is 12.3. The highest BCUT2D eigenvalue weighted by atomic mass is 16.5. The molecule has 1 aliphatic rings. The van der Waals surface area contributed by atoms with Gasteiger partial charge in [0.1, 0.15) is 5.60 Å². The van der Waals surface area contributed by atoms with E-state index < -0.39 is 11.6 Å². The van der Waals surface area contributed by atoms with Gasteiger partial charge in [-0.3, -0.25) is 9.59 Å². The molecule has 1 saturated heterocycles. The van der Waals surface area contributed by atoms with Gasteiger partial charge in [-0.25, -0.2) is 0 Å². The second kappa shape index (κ2) is 6.37. The first-order valence-corrected chi connectivity index (χ1v) is 6.84. The summed E-state index contributed by atoms with van der Waals surface area (Å²) in [6.07, 6.45) is 2.09. The zero-order chi connectivity index (χ0) is 14.6. The summed E-state index contributed by atoms with van der Waals surface area (Å²) in [5, 5.41) is 8.86. The van der Waals surface area contributed by atoms with Gasteiger partial charge in [0, 0.05) is 26.6 Å². The Morgan fingerprint density at radius 1 is 1.47 bits per heavy atom. The van der Waals surface area contributed by atoms with E-state index in [2.05, 4.69) is 0 Å². The maximum Gasteiger partial charge on any atom is 0.303 e. The van der Waals surface area contributed by atoms with Crippen molar-refractivity contribution in [1.82, 2.24) is 4.90 Å². The van der Waals surface area contributed by atoms with Crippen LogP contribution in [0.4, 0.5) is 0 Å². The number of methoxy groups -OCH3 is 1. The quantitative estimate of drug-likeness (QED) is 0.827. The minimum atomic E-state index is -0.808. The van der Waals surface area contributed by atoms with Gasteiger partial charge in [-0.1, -0.05) is 6.92 Å². The number of ether oxygens (including phenoxy) is 1. The molecule has 1 aliphatic heterocycles. The number of carboxylic acids is 1. The van der Waals surface area contributed by atoms with Crippen LogP contribution in [0.1, 0.15) is 40.0 Å². The summed E-state index contributed by atoms with van der Waals surface area (Å²) >= 11 is 0. The topological polar surface area (TPSA) is 66.8 Å². The molecule has 0 aliphatic carbocycles. The number of carbonyl (C=O) groups excluding carboxylic acids is 1. The number of carboxylic acid groups (broad SMARTS) is 1. The number of hydrogen-bond acceptors (Lipinski definition) is 3. The molecule has 0 saturated carbocycles. The second-order valence-electron chi connectivity index (χ2n) is 5.94. The van der Waals surface area contributed by atoms with E-state index in [9.17, 15) is 9.59 Å². The molecule has 0 spiro atoms. The van der Waals surface area contributed by atoms with Crippen LogP contribution in [0, 0.1) is 11.8 Å². The highest BCUT2D eigenvalue weighted by Crippen LogP contribution is 2.27. The molecule has 19 heavy (non-hydrogen) atoms. The van der Waals surface area contributed by atoms with Crippen molar-refractivity contribution in [3.8, 4) is 0 Å². The van der Waals surface area contributed by atoms with Crippen LogP contribution in [-0.2, 0) is 14.3 Å². The summed E-state index contributed by atoms with van der Waals surface area (Å²) in [6, 6.07) is 0. The molecule has 110 valence electrons. The number of nitrogens with zero attached hydrogens (tertiary/aromatic N) is 1. The van der Waals surface area contributed by atoms with E-state index >= 15 is 0 Å². The Kier molecular flexibility index (Phi) is 5.35. The van der Waals surface area contributed by atoms with Gasteiger partial charge >= 0.3 is 5.97 Å². The molecule has 2 atom stereocenters. The average molecular weight is 271 g/mol. The summed E-state index contributed by atoms with van der Waals surface area (Å²) in [6.45, 7) is 6.86. The molecule has 0 radical (unpaired) electrons. The Morgan fingerprint density at radius 2 is 2.11 bits per heavy atom. The lowest BCUT2D eigenvalue weighted by Crippen LogP contribution is -2.50. The molecule has 0 aromatic heterocycles. The smallest absolute Gasteiger partial charge is 0.303 e. The van der Waals surface area contributed by atoms with Gasteiger partial charge in [0.05, 0.1) is 0 Å². The molecule has 1 fully saturated rings. The Bertz CT molecular complexity index is 340. The van der Waals surface area contributed by atoms with E-state index in [4.69, 9.17) is 9.84 Å². The second-order valence-corrected chi connectivity index (χ2v) is 5.94. The van der Waals surface area contributed by atoms with Crippen molar-refractivity contribution in [3.63, 3.8) is 0 Å². The van der Waals surface area contributed by atoms with Crippen LogP contribution in [0.2, 0.25) is 0 Å². The van der Waals surface area contributed by atoms with Crippen LogP contribution in [0.15, 0.2) is 0 Å². The molecule has 0 bridgehead atoms. The predicted octanol–water partition coefficient (Wildman–Crippen LogP) is 1.76. The van der Waals surface area contributed by atoms with Crippen LogP contribution >= 0.6 is 0 Å². The monoisotopic (exact) mass is 271 g/mol. The van der Waals surface area contributed by atoms with Crippen LogP contribution in [0.5, 0.6) is 0 Å². The number of amides is 1. The Morgan fingerprint density at radius 3 is 2.63 bits per heavy atom. The minimum absolute atomic E-state index is 0.0118. The van der Waals surface area contributed by atoms with Crippen LogP contribution in [-0.4, -0.2) is 47.7 Å². The van der Waals surface area contributed by atoms with Gasteiger partial charge in [-0.2, -0.15) is 0 Å². The molecular formula is C14H25NO4.